The Morgan fingerprint density at radius 1 is 1.25 bits per heavy atom. The Balaban J connectivity index is 0. The average molecular weight is 197 g/mol. The molecule has 0 saturated heterocycles. The highest BCUT2D eigenvalue weighted by atomic mass is 32.2. The van der Waals surface area contributed by atoms with Gasteiger partial charge in [-0.1, -0.05) is 33.1 Å². The van der Waals surface area contributed by atoms with Gasteiger partial charge in [0.2, 0.25) is 0 Å². The minimum Gasteiger partial charge on any atom is -0.748 e. The second-order valence-electron chi connectivity index (χ2n) is 2.34. The Bertz CT molecular complexity index is 160. The van der Waals surface area contributed by atoms with Crippen LogP contribution in [0.4, 0.5) is 0 Å². The van der Waals surface area contributed by atoms with Gasteiger partial charge >= 0.3 is 0 Å². The van der Waals surface area contributed by atoms with E-state index in [4.69, 9.17) is 5.11 Å². The molecule has 0 amide bonds. The van der Waals surface area contributed by atoms with Crippen molar-refractivity contribution in [3.05, 3.63) is 0 Å². The van der Waals surface area contributed by atoms with E-state index >= 15 is 0 Å². The van der Waals surface area contributed by atoms with Gasteiger partial charge in [-0.25, -0.2) is 8.42 Å². The minimum atomic E-state index is -4.17. The van der Waals surface area contributed by atoms with Gasteiger partial charge in [0.25, 0.3) is 0 Å². The average Bonchev–Trinajstić information content (AvgIpc) is 1.87. The molecule has 0 aliphatic rings. The summed E-state index contributed by atoms with van der Waals surface area (Å²) in [6.45, 7) is 3.83. The third-order valence-corrected chi connectivity index (χ3v) is 1.73. The van der Waals surface area contributed by atoms with Crippen molar-refractivity contribution in [3.8, 4) is 0 Å². The summed E-state index contributed by atoms with van der Waals surface area (Å²) in [5.74, 6) is -0.688. The number of unbranched alkanes of at least 4 members (excludes halogenated alkanes) is 2. The second-order valence-corrected chi connectivity index (χ2v) is 3.86. The molecule has 76 valence electrons. The van der Waals surface area contributed by atoms with Crippen LogP contribution in [0.3, 0.4) is 0 Å². The summed E-state index contributed by atoms with van der Waals surface area (Å²) >= 11 is 0. The van der Waals surface area contributed by atoms with Crippen molar-refractivity contribution in [2.45, 2.75) is 33.1 Å². The zero-order valence-electron chi connectivity index (χ0n) is 7.62. The molecule has 0 aliphatic carbocycles. The van der Waals surface area contributed by atoms with Crippen molar-refractivity contribution >= 4 is 10.1 Å². The Hall–Kier alpha value is -0.130. The van der Waals surface area contributed by atoms with E-state index in [0.717, 1.165) is 0 Å². The van der Waals surface area contributed by atoms with Gasteiger partial charge in [0.15, 0.2) is 0 Å². The first kappa shape index (κ1) is 14.4. The van der Waals surface area contributed by atoms with Gasteiger partial charge in [0.05, 0.1) is 22.5 Å². The van der Waals surface area contributed by atoms with Crippen LogP contribution in [-0.2, 0) is 10.1 Å². The van der Waals surface area contributed by atoms with E-state index < -0.39 is 22.5 Å². The zero-order valence-corrected chi connectivity index (χ0v) is 8.43. The summed E-state index contributed by atoms with van der Waals surface area (Å²) in [5, 5.41) is 7.82. The molecule has 5 heteroatoms. The molecule has 1 N–H and O–H groups in total. The summed E-state index contributed by atoms with van der Waals surface area (Å²) in [4.78, 5) is 0. The lowest BCUT2D eigenvalue weighted by Crippen LogP contribution is -2.07. The van der Waals surface area contributed by atoms with Crippen molar-refractivity contribution in [1.82, 2.24) is 0 Å². The molecule has 0 radical (unpaired) electrons. The Morgan fingerprint density at radius 3 is 1.67 bits per heavy atom. The van der Waals surface area contributed by atoms with Crippen LogP contribution in [0.2, 0.25) is 0 Å². The summed E-state index contributed by atoms with van der Waals surface area (Å²) in [5.41, 5.74) is 0. The van der Waals surface area contributed by atoms with Crippen LogP contribution in [0.1, 0.15) is 33.1 Å². The summed E-state index contributed by atoms with van der Waals surface area (Å²) in [6, 6.07) is 0. The molecular formula is C7H17O4S-. The smallest absolute Gasteiger partial charge is 0.0968 e. The summed E-state index contributed by atoms with van der Waals surface area (Å²) in [6.07, 6.45) is 4.08. The lowest BCUT2D eigenvalue weighted by atomic mass is 10.3. The number of hydrogen-bond donors (Lipinski definition) is 1. The molecular weight excluding hydrogens is 180 g/mol. The van der Waals surface area contributed by atoms with Gasteiger partial charge in [-0.3, -0.25) is 0 Å². The van der Waals surface area contributed by atoms with Crippen molar-refractivity contribution in [2.75, 3.05) is 12.4 Å². The standard InChI is InChI=1S/C5H12.C2H6O4S/c1-3-5-4-2;3-1-2-7(4,5)6/h3-5H2,1-2H3;3H,1-2H2,(H,4,5,6)/p-1. The Labute approximate surface area is 74.4 Å². The van der Waals surface area contributed by atoms with E-state index in [-0.39, 0.29) is 0 Å². The maximum Gasteiger partial charge on any atom is 0.0968 e. The third-order valence-electron chi connectivity index (χ3n) is 1.05. The monoisotopic (exact) mass is 197 g/mol. The zero-order chi connectivity index (χ0) is 10.0. The van der Waals surface area contributed by atoms with Crippen molar-refractivity contribution < 1.29 is 18.1 Å². The fourth-order valence-electron chi connectivity index (χ4n) is 0.465. The van der Waals surface area contributed by atoms with Crippen LogP contribution in [-0.4, -0.2) is 30.4 Å². The molecule has 0 aliphatic heterocycles. The first-order valence-electron chi connectivity index (χ1n) is 4.02. The van der Waals surface area contributed by atoms with E-state index in [1.165, 1.54) is 19.3 Å². The van der Waals surface area contributed by atoms with Gasteiger partial charge in [-0.2, -0.15) is 0 Å². The van der Waals surface area contributed by atoms with Gasteiger partial charge in [0.1, 0.15) is 0 Å². The molecule has 0 heterocycles. The van der Waals surface area contributed by atoms with E-state index in [2.05, 4.69) is 13.8 Å². The normalized spacial score (nSPS) is 10.3. The first-order valence-corrected chi connectivity index (χ1v) is 5.60. The van der Waals surface area contributed by atoms with Gasteiger partial charge in [0, 0.05) is 0 Å². The Kier molecular flexibility index (Phi) is 10.8. The van der Waals surface area contributed by atoms with Crippen LogP contribution in [0.5, 0.6) is 0 Å². The SMILES string of the molecule is CCCCC.O=S(=O)([O-])CCO. The fraction of sp³-hybridized carbons (Fsp3) is 1.00. The highest BCUT2D eigenvalue weighted by molar-refractivity contribution is 7.85. The van der Waals surface area contributed by atoms with Crippen LogP contribution >= 0.6 is 0 Å². The predicted molar refractivity (Wildman–Crippen MR) is 46.8 cm³/mol. The van der Waals surface area contributed by atoms with Gasteiger partial charge < -0.3 is 9.66 Å². The first-order chi connectivity index (χ1) is 5.47. The molecule has 0 aromatic rings. The summed E-state index contributed by atoms with van der Waals surface area (Å²) in [7, 11) is -4.17. The number of aliphatic hydroxyl groups is 1. The largest absolute Gasteiger partial charge is 0.748 e. The molecule has 0 spiro atoms. The quantitative estimate of drug-likeness (QED) is 0.674. The highest BCUT2D eigenvalue weighted by Crippen LogP contribution is 1.88. The molecule has 0 unspecified atom stereocenters. The molecule has 0 fully saturated rings. The number of aliphatic hydroxyl groups excluding tert-OH is 1. The van der Waals surface area contributed by atoms with Gasteiger partial charge in [-0.05, 0) is 0 Å². The lowest BCUT2D eigenvalue weighted by Gasteiger charge is -2.00. The minimum absolute atomic E-state index is 0.591. The van der Waals surface area contributed by atoms with Crippen LogP contribution in [0, 0.1) is 0 Å². The number of rotatable bonds is 4. The maximum atomic E-state index is 9.52. The van der Waals surface area contributed by atoms with Gasteiger partial charge in [-0.15, -0.1) is 0 Å². The molecule has 4 nitrogen and oxygen atoms in total. The van der Waals surface area contributed by atoms with E-state index in [0.29, 0.717) is 0 Å². The molecule has 0 aromatic carbocycles. The van der Waals surface area contributed by atoms with Crippen LogP contribution < -0.4 is 0 Å². The van der Waals surface area contributed by atoms with E-state index in [9.17, 15) is 13.0 Å². The van der Waals surface area contributed by atoms with E-state index in [1.54, 1.807) is 0 Å². The fourth-order valence-corrected chi connectivity index (χ4v) is 0.689. The van der Waals surface area contributed by atoms with Crippen molar-refractivity contribution in [3.63, 3.8) is 0 Å². The van der Waals surface area contributed by atoms with Crippen LogP contribution in [0.15, 0.2) is 0 Å². The lowest BCUT2D eigenvalue weighted by molar-refractivity contribution is 0.314. The van der Waals surface area contributed by atoms with Crippen LogP contribution in [0.25, 0.3) is 0 Å². The molecule has 12 heavy (non-hydrogen) atoms. The molecule has 0 rings (SSSR count). The number of hydrogen-bond acceptors (Lipinski definition) is 4. The van der Waals surface area contributed by atoms with Crippen molar-refractivity contribution in [2.24, 2.45) is 0 Å². The summed E-state index contributed by atoms with van der Waals surface area (Å²) < 4.78 is 28.5. The molecule has 0 saturated carbocycles. The van der Waals surface area contributed by atoms with Crippen molar-refractivity contribution in [1.29, 1.82) is 0 Å². The Morgan fingerprint density at radius 2 is 1.67 bits per heavy atom. The molecule has 0 atom stereocenters. The molecule has 0 bridgehead atoms. The van der Waals surface area contributed by atoms with E-state index in [1.807, 2.05) is 0 Å². The predicted octanol–water partition coefficient (Wildman–Crippen LogP) is 0.720. The highest BCUT2D eigenvalue weighted by Gasteiger charge is 1.88. The second kappa shape index (κ2) is 8.96. The molecule has 0 aromatic heterocycles. The topological polar surface area (TPSA) is 77.4 Å². The maximum absolute atomic E-state index is 9.52. The third kappa shape index (κ3) is 22.5.